The third-order valence-electron chi connectivity index (χ3n) is 2.95. The third-order valence-corrected chi connectivity index (χ3v) is 4.20. The summed E-state index contributed by atoms with van der Waals surface area (Å²) < 4.78 is 2.52. The maximum Gasteiger partial charge on any atom is 0.0931 e. The van der Waals surface area contributed by atoms with Crippen LogP contribution in [0.5, 0.6) is 0 Å². The molecule has 2 heterocycles. The highest BCUT2D eigenvalue weighted by Crippen LogP contribution is 2.32. The minimum atomic E-state index is -0.544. The molecule has 2 aromatic heterocycles. The van der Waals surface area contributed by atoms with Crippen molar-refractivity contribution in [3.8, 4) is 0 Å². The summed E-state index contributed by atoms with van der Waals surface area (Å²) in [6.45, 7) is 6.31. The van der Waals surface area contributed by atoms with Crippen LogP contribution in [0.25, 0.3) is 0 Å². The summed E-state index contributed by atoms with van der Waals surface area (Å²) >= 11 is 7.43. The Labute approximate surface area is 122 Å². The lowest BCUT2D eigenvalue weighted by Gasteiger charge is -2.19. The zero-order chi connectivity index (χ0) is 14.2. The van der Waals surface area contributed by atoms with Gasteiger partial charge in [-0.3, -0.25) is 4.68 Å². The SMILES string of the molecule is Cn1cc(C(O)Cc2ccc(Cl)s2)c(C(C)(C)C)n1. The number of aromatic nitrogens is 2. The van der Waals surface area contributed by atoms with Crippen LogP contribution < -0.4 is 0 Å². The maximum absolute atomic E-state index is 10.5. The van der Waals surface area contributed by atoms with Gasteiger partial charge in [-0.2, -0.15) is 5.10 Å². The van der Waals surface area contributed by atoms with Gasteiger partial charge >= 0.3 is 0 Å². The van der Waals surface area contributed by atoms with Crippen molar-refractivity contribution >= 4 is 22.9 Å². The third kappa shape index (κ3) is 3.38. The normalized spacial score (nSPS) is 13.8. The topological polar surface area (TPSA) is 38.0 Å². The number of halogens is 1. The van der Waals surface area contributed by atoms with Crippen molar-refractivity contribution < 1.29 is 5.11 Å². The van der Waals surface area contributed by atoms with E-state index >= 15 is 0 Å². The van der Waals surface area contributed by atoms with Gasteiger partial charge < -0.3 is 5.11 Å². The molecule has 2 rings (SSSR count). The number of hydrogen-bond donors (Lipinski definition) is 1. The Kier molecular flexibility index (Phi) is 4.04. The molecular formula is C14H19ClN2OS. The molecule has 2 aromatic rings. The summed E-state index contributed by atoms with van der Waals surface area (Å²) in [5, 5.41) is 14.9. The van der Waals surface area contributed by atoms with Gasteiger partial charge in [0.15, 0.2) is 0 Å². The van der Waals surface area contributed by atoms with E-state index in [4.69, 9.17) is 11.6 Å². The fourth-order valence-electron chi connectivity index (χ4n) is 2.10. The molecule has 0 aromatic carbocycles. The summed E-state index contributed by atoms with van der Waals surface area (Å²) in [6, 6.07) is 3.82. The van der Waals surface area contributed by atoms with Gasteiger partial charge in [0.1, 0.15) is 0 Å². The van der Waals surface area contributed by atoms with Crippen LogP contribution in [-0.2, 0) is 18.9 Å². The van der Waals surface area contributed by atoms with Gasteiger partial charge in [-0.15, -0.1) is 11.3 Å². The molecule has 0 aliphatic heterocycles. The predicted molar refractivity (Wildman–Crippen MR) is 79.9 cm³/mol. The van der Waals surface area contributed by atoms with Crippen LogP contribution in [0, 0.1) is 0 Å². The highest BCUT2D eigenvalue weighted by atomic mass is 35.5. The Morgan fingerprint density at radius 1 is 1.42 bits per heavy atom. The standard InChI is InChI=1S/C14H19ClN2OS/c1-14(2,3)13-10(8-17(4)16-13)11(18)7-9-5-6-12(15)19-9/h5-6,8,11,18H,7H2,1-4H3. The van der Waals surface area contributed by atoms with E-state index in [-0.39, 0.29) is 5.41 Å². The second-order valence-electron chi connectivity index (χ2n) is 5.78. The van der Waals surface area contributed by atoms with E-state index in [1.165, 1.54) is 11.3 Å². The zero-order valence-electron chi connectivity index (χ0n) is 11.6. The minimum Gasteiger partial charge on any atom is -0.388 e. The molecule has 0 spiro atoms. The lowest BCUT2D eigenvalue weighted by atomic mass is 9.87. The fourth-order valence-corrected chi connectivity index (χ4v) is 3.22. The van der Waals surface area contributed by atoms with Crippen LogP contribution >= 0.6 is 22.9 Å². The molecule has 104 valence electrons. The fraction of sp³-hybridized carbons (Fsp3) is 0.500. The van der Waals surface area contributed by atoms with E-state index in [0.29, 0.717) is 6.42 Å². The van der Waals surface area contributed by atoms with Crippen LogP contribution in [0.15, 0.2) is 18.3 Å². The van der Waals surface area contributed by atoms with Crippen molar-refractivity contribution in [2.75, 3.05) is 0 Å². The molecule has 0 aliphatic carbocycles. The lowest BCUT2D eigenvalue weighted by Crippen LogP contribution is -2.16. The summed E-state index contributed by atoms with van der Waals surface area (Å²) in [5.41, 5.74) is 1.77. The first-order valence-corrected chi connectivity index (χ1v) is 7.43. The monoisotopic (exact) mass is 298 g/mol. The summed E-state index contributed by atoms with van der Waals surface area (Å²) in [7, 11) is 1.88. The van der Waals surface area contributed by atoms with Gasteiger partial charge in [0.2, 0.25) is 0 Å². The molecule has 19 heavy (non-hydrogen) atoms. The molecule has 1 N–H and O–H groups in total. The largest absolute Gasteiger partial charge is 0.388 e. The van der Waals surface area contributed by atoms with E-state index in [1.54, 1.807) is 4.68 Å². The van der Waals surface area contributed by atoms with Gasteiger partial charge in [0.25, 0.3) is 0 Å². The summed E-state index contributed by atoms with van der Waals surface area (Å²) in [6.07, 6.45) is 1.93. The van der Waals surface area contributed by atoms with Crippen LogP contribution in [-0.4, -0.2) is 14.9 Å². The Balaban J connectivity index is 2.26. The minimum absolute atomic E-state index is 0.0787. The van der Waals surface area contributed by atoms with Crippen LogP contribution in [0.4, 0.5) is 0 Å². The number of aliphatic hydroxyl groups excluding tert-OH is 1. The summed E-state index contributed by atoms with van der Waals surface area (Å²) in [5.74, 6) is 0. The Morgan fingerprint density at radius 2 is 2.11 bits per heavy atom. The molecular weight excluding hydrogens is 280 g/mol. The first-order valence-electron chi connectivity index (χ1n) is 6.23. The molecule has 0 bridgehead atoms. The molecule has 3 nitrogen and oxygen atoms in total. The first-order chi connectivity index (χ1) is 8.77. The van der Waals surface area contributed by atoms with Gasteiger partial charge in [0, 0.05) is 35.5 Å². The van der Waals surface area contributed by atoms with Crippen LogP contribution in [0.3, 0.4) is 0 Å². The molecule has 0 radical (unpaired) electrons. The number of rotatable bonds is 3. The predicted octanol–water partition coefficient (Wildman–Crippen LogP) is 3.71. The van der Waals surface area contributed by atoms with Crippen molar-refractivity contribution in [1.29, 1.82) is 0 Å². The highest BCUT2D eigenvalue weighted by Gasteiger charge is 2.26. The van der Waals surface area contributed by atoms with E-state index < -0.39 is 6.10 Å². The summed E-state index contributed by atoms with van der Waals surface area (Å²) in [4.78, 5) is 1.08. The van der Waals surface area contributed by atoms with E-state index in [0.717, 1.165) is 20.5 Å². The Morgan fingerprint density at radius 3 is 2.63 bits per heavy atom. The Hall–Kier alpha value is -0.840. The molecule has 0 amide bonds. The first kappa shape index (κ1) is 14.6. The quantitative estimate of drug-likeness (QED) is 0.938. The highest BCUT2D eigenvalue weighted by molar-refractivity contribution is 7.16. The van der Waals surface area contributed by atoms with Gasteiger partial charge in [-0.1, -0.05) is 32.4 Å². The molecule has 1 atom stereocenters. The molecule has 0 aliphatic rings. The number of aliphatic hydroxyl groups is 1. The average molecular weight is 299 g/mol. The molecule has 0 fully saturated rings. The van der Waals surface area contributed by atoms with Crippen molar-refractivity contribution in [2.45, 2.75) is 38.7 Å². The Bertz CT molecular complexity index is 568. The van der Waals surface area contributed by atoms with Crippen molar-refractivity contribution in [1.82, 2.24) is 9.78 Å². The smallest absolute Gasteiger partial charge is 0.0931 e. The second-order valence-corrected chi connectivity index (χ2v) is 7.58. The second kappa shape index (κ2) is 5.27. The van der Waals surface area contributed by atoms with E-state index in [2.05, 4.69) is 25.9 Å². The van der Waals surface area contributed by atoms with Crippen molar-refractivity contribution in [3.05, 3.63) is 38.8 Å². The maximum atomic E-state index is 10.5. The number of hydrogen-bond acceptors (Lipinski definition) is 3. The van der Waals surface area contributed by atoms with Gasteiger partial charge in [0.05, 0.1) is 16.1 Å². The zero-order valence-corrected chi connectivity index (χ0v) is 13.2. The van der Waals surface area contributed by atoms with Gasteiger partial charge in [-0.05, 0) is 12.1 Å². The molecule has 1 unspecified atom stereocenters. The van der Waals surface area contributed by atoms with E-state index in [1.807, 2.05) is 25.4 Å². The molecule has 5 heteroatoms. The number of thiophene rings is 1. The lowest BCUT2D eigenvalue weighted by molar-refractivity contribution is 0.177. The van der Waals surface area contributed by atoms with Crippen LogP contribution in [0.1, 0.15) is 43.0 Å². The van der Waals surface area contributed by atoms with Crippen LogP contribution in [0.2, 0.25) is 4.34 Å². The molecule has 0 saturated heterocycles. The van der Waals surface area contributed by atoms with E-state index in [9.17, 15) is 5.11 Å². The number of nitrogens with zero attached hydrogens (tertiary/aromatic N) is 2. The average Bonchev–Trinajstić information content (AvgIpc) is 2.84. The van der Waals surface area contributed by atoms with Gasteiger partial charge in [-0.25, -0.2) is 0 Å². The number of aryl methyl sites for hydroxylation is 1. The van der Waals surface area contributed by atoms with Crippen molar-refractivity contribution in [2.24, 2.45) is 7.05 Å². The molecule has 0 saturated carbocycles. The van der Waals surface area contributed by atoms with Crippen molar-refractivity contribution in [3.63, 3.8) is 0 Å².